The van der Waals surface area contributed by atoms with Gasteiger partial charge in [-0.05, 0) is 135 Å². The molecule has 4 aliphatic rings. The molecule has 2 aliphatic heterocycles. The summed E-state index contributed by atoms with van der Waals surface area (Å²) >= 11 is 0. The molecule has 0 bridgehead atoms. The van der Waals surface area contributed by atoms with Gasteiger partial charge in [-0.1, -0.05) is 161 Å². The molecule has 2 aliphatic carbocycles. The van der Waals surface area contributed by atoms with Gasteiger partial charge in [-0.2, -0.15) is 0 Å². The Morgan fingerprint density at radius 1 is 1.00 bits per heavy atom. The van der Waals surface area contributed by atoms with Crippen LogP contribution in [0.4, 0.5) is 0 Å². The Kier molecular flexibility index (Phi) is 14.5. The average molecular weight is 796 g/mol. The molecule has 0 spiro atoms. The third-order valence-corrected chi connectivity index (χ3v) is 13.7. The summed E-state index contributed by atoms with van der Waals surface area (Å²) in [6, 6.07) is 21.3. The molecule has 0 radical (unpaired) electrons. The molecule has 0 amide bonds. The smallest absolute Gasteiger partial charge is 0.0984 e. The molecule has 3 heteroatoms. The summed E-state index contributed by atoms with van der Waals surface area (Å²) in [5.74, 6) is 1.25. The largest absolute Gasteiger partial charge is 0.306 e. The molecule has 3 aromatic rings. The van der Waals surface area contributed by atoms with Crippen molar-refractivity contribution in [2.24, 2.45) is 22.7 Å². The highest BCUT2D eigenvalue weighted by Crippen LogP contribution is 2.49. The number of nitrogens with zero attached hydrogens (tertiary/aromatic N) is 2. The Labute approximate surface area is 362 Å². The molecule has 1 N–H and O–H groups in total. The summed E-state index contributed by atoms with van der Waals surface area (Å²) in [4.78, 5) is 10.4. The molecule has 6 atom stereocenters. The number of hydrogen-bond donors (Lipinski definition) is 1. The van der Waals surface area contributed by atoms with Crippen molar-refractivity contribution in [3.05, 3.63) is 179 Å². The lowest BCUT2D eigenvalue weighted by atomic mass is 9.62. The van der Waals surface area contributed by atoms with Gasteiger partial charge >= 0.3 is 0 Å². The van der Waals surface area contributed by atoms with E-state index >= 15 is 0 Å². The third kappa shape index (κ3) is 9.53. The summed E-state index contributed by atoms with van der Waals surface area (Å²) in [5, 5.41) is 3.60. The number of aromatic nitrogens is 1. The predicted octanol–water partition coefficient (Wildman–Crippen LogP) is 14.4. The highest BCUT2D eigenvalue weighted by atomic mass is 14.9. The van der Waals surface area contributed by atoms with Crippen molar-refractivity contribution in [2.45, 2.75) is 122 Å². The maximum absolute atomic E-state index is 5.44. The number of benzene rings is 2. The second kappa shape index (κ2) is 20.1. The van der Waals surface area contributed by atoms with E-state index in [1.54, 1.807) is 0 Å². The van der Waals surface area contributed by atoms with Crippen molar-refractivity contribution in [3.63, 3.8) is 0 Å². The van der Waals surface area contributed by atoms with Crippen LogP contribution < -0.4 is 5.32 Å². The number of allylic oxidation sites excluding steroid dienone is 7. The summed E-state index contributed by atoms with van der Waals surface area (Å²) < 4.78 is 0. The molecule has 3 nitrogen and oxygen atoms in total. The summed E-state index contributed by atoms with van der Waals surface area (Å²) in [6.45, 7) is 24.1. The van der Waals surface area contributed by atoms with Crippen LogP contribution in [0.3, 0.4) is 0 Å². The number of aryl methyl sites for hydroxylation is 1. The molecular formula is C57H69N3. The van der Waals surface area contributed by atoms with E-state index in [1.807, 2.05) is 0 Å². The van der Waals surface area contributed by atoms with E-state index in [0.717, 1.165) is 106 Å². The molecule has 0 fully saturated rings. The van der Waals surface area contributed by atoms with Crippen molar-refractivity contribution in [2.75, 3.05) is 6.54 Å². The monoisotopic (exact) mass is 796 g/mol. The van der Waals surface area contributed by atoms with Gasteiger partial charge in [0.2, 0.25) is 0 Å². The van der Waals surface area contributed by atoms with E-state index in [-0.39, 0.29) is 6.04 Å². The molecule has 0 saturated carbocycles. The molecule has 312 valence electrons. The number of pyridine rings is 1. The minimum atomic E-state index is -0.428. The zero-order valence-corrected chi connectivity index (χ0v) is 37.1. The van der Waals surface area contributed by atoms with Crippen LogP contribution in [0.1, 0.15) is 131 Å². The van der Waals surface area contributed by atoms with Crippen LogP contribution >= 0.6 is 0 Å². The molecule has 3 heterocycles. The van der Waals surface area contributed by atoms with Gasteiger partial charge in [0.15, 0.2) is 0 Å². The van der Waals surface area contributed by atoms with Crippen LogP contribution in [0.5, 0.6) is 0 Å². The number of hydrogen-bond acceptors (Lipinski definition) is 3. The van der Waals surface area contributed by atoms with Crippen LogP contribution in [0.2, 0.25) is 0 Å². The van der Waals surface area contributed by atoms with E-state index in [1.165, 1.54) is 44.5 Å². The van der Waals surface area contributed by atoms with Crippen molar-refractivity contribution < 1.29 is 0 Å². The van der Waals surface area contributed by atoms with Gasteiger partial charge in [0.25, 0.3) is 0 Å². The minimum Gasteiger partial charge on any atom is -0.306 e. The normalized spacial score (nSPS) is 25.0. The lowest BCUT2D eigenvalue weighted by Crippen LogP contribution is -2.38. The van der Waals surface area contributed by atoms with Gasteiger partial charge in [-0.3, -0.25) is 4.99 Å². The number of unbranched alkanes of at least 4 members (excludes halogenated alkanes) is 1. The Hall–Kier alpha value is -4.86. The Morgan fingerprint density at radius 2 is 1.87 bits per heavy atom. The predicted molar refractivity (Wildman–Crippen MR) is 259 cm³/mol. The fraction of sp³-hybridized carbons (Fsp3) is 0.404. The summed E-state index contributed by atoms with van der Waals surface area (Å²) in [7, 11) is 0. The zero-order chi connectivity index (χ0) is 42.1. The van der Waals surface area contributed by atoms with Gasteiger partial charge in [0.05, 0.1) is 17.4 Å². The van der Waals surface area contributed by atoms with Crippen LogP contribution in [0, 0.1) is 17.8 Å². The lowest BCUT2D eigenvalue weighted by Gasteiger charge is -2.40. The van der Waals surface area contributed by atoms with Gasteiger partial charge in [-0.15, -0.1) is 0 Å². The molecule has 7 rings (SSSR count). The third-order valence-electron chi connectivity index (χ3n) is 13.7. The van der Waals surface area contributed by atoms with Gasteiger partial charge in [0, 0.05) is 35.4 Å². The second-order valence-electron chi connectivity index (χ2n) is 18.0. The van der Waals surface area contributed by atoms with Gasteiger partial charge < -0.3 is 5.32 Å². The molecule has 1 aromatic heterocycles. The highest BCUT2D eigenvalue weighted by Gasteiger charge is 2.40. The fourth-order valence-corrected chi connectivity index (χ4v) is 10.4. The second-order valence-corrected chi connectivity index (χ2v) is 18.0. The Bertz CT molecular complexity index is 2220. The molecule has 5 unspecified atom stereocenters. The Balaban J connectivity index is 1.29. The molecule has 2 aromatic carbocycles. The van der Waals surface area contributed by atoms with E-state index in [4.69, 9.17) is 16.6 Å². The van der Waals surface area contributed by atoms with Crippen LogP contribution in [0.25, 0.3) is 17.3 Å². The van der Waals surface area contributed by atoms with E-state index in [0.29, 0.717) is 23.8 Å². The maximum atomic E-state index is 5.44. The Morgan fingerprint density at radius 3 is 2.70 bits per heavy atom. The summed E-state index contributed by atoms with van der Waals surface area (Å²) in [6.07, 6.45) is 35.7. The minimum absolute atomic E-state index is 0.0982. The van der Waals surface area contributed by atoms with Crippen molar-refractivity contribution in [3.8, 4) is 11.3 Å². The van der Waals surface area contributed by atoms with Gasteiger partial charge in [0.1, 0.15) is 0 Å². The topological polar surface area (TPSA) is 37.3 Å². The molecule has 0 saturated heterocycles. The van der Waals surface area contributed by atoms with Crippen LogP contribution in [0.15, 0.2) is 150 Å². The van der Waals surface area contributed by atoms with Crippen molar-refractivity contribution >= 4 is 12.3 Å². The lowest BCUT2D eigenvalue weighted by molar-refractivity contribution is 0.467. The van der Waals surface area contributed by atoms with Gasteiger partial charge in [-0.25, -0.2) is 4.98 Å². The number of fused-ring (bicyclic) bond motifs is 4. The summed E-state index contributed by atoms with van der Waals surface area (Å²) in [5.41, 5.74) is 14.6. The highest BCUT2D eigenvalue weighted by molar-refractivity contribution is 5.69. The molecule has 60 heavy (non-hydrogen) atoms. The molecular weight excluding hydrogens is 727 g/mol. The van der Waals surface area contributed by atoms with Crippen molar-refractivity contribution in [1.82, 2.24) is 10.3 Å². The quantitative estimate of drug-likeness (QED) is 0.100. The fourth-order valence-electron chi connectivity index (χ4n) is 10.4. The first-order chi connectivity index (χ1) is 29.2. The van der Waals surface area contributed by atoms with E-state index < -0.39 is 5.41 Å². The number of nitrogens with one attached hydrogen (secondary N) is 1. The maximum Gasteiger partial charge on any atom is 0.0984 e. The SMILES string of the molecule is C=C1/C=C\CCCC(C(=C)/C=C(\CC)C(C)CCC/C=C\C2C=CCNC2C(=C)C)(c2ccccc2CCC)c2cc(-c3ccc4c(n3)C3N=CCC[C@@H]3C=C4)ccc2C1. The van der Waals surface area contributed by atoms with E-state index in [9.17, 15) is 0 Å². The average Bonchev–Trinajstić information content (AvgIpc) is 3.27. The van der Waals surface area contributed by atoms with Crippen molar-refractivity contribution in [1.29, 1.82) is 0 Å². The number of aliphatic imine (C=N–C) groups is 1. The van der Waals surface area contributed by atoms with Crippen LogP contribution in [-0.4, -0.2) is 23.8 Å². The first kappa shape index (κ1) is 43.2. The van der Waals surface area contributed by atoms with E-state index in [2.05, 4.69) is 162 Å². The standard InChI is InChI=1S/C57H69N3/c1-8-20-45-23-15-16-27-51(45)57(43(7)38-44(9-2)42(6)22-13-10-14-24-46-25-18-35-58-54(46)40(3)4)34-17-11-12-21-41(5)37-49-30-31-50(39-52(49)57)53-33-32-48-29-28-47-26-19-36-59-55(47)56(48)60-53/h12,14-16,18,21,23-25,27-33,36,38-39,42,46-47,54-55,58H,3,5,7-11,13,17,19-20,22,26,34-35,37H2,1-2,4,6H3/b21-12-,24-14-,44-38+/t42?,46?,47-,54?,55?,57?/m1/s1. The number of rotatable bonds is 14. The zero-order valence-electron chi connectivity index (χ0n) is 37.1. The first-order valence-corrected chi connectivity index (χ1v) is 23.1. The van der Waals surface area contributed by atoms with Crippen LogP contribution in [-0.2, 0) is 18.3 Å². The first-order valence-electron chi connectivity index (χ1n) is 23.1.